The number of carbonyl (C=O) groups is 1. The molecule has 0 spiro atoms. The van der Waals surface area contributed by atoms with Gasteiger partial charge in [-0.3, -0.25) is 4.79 Å². The summed E-state index contributed by atoms with van der Waals surface area (Å²) < 4.78 is 46.2. The molecule has 0 heterocycles. The van der Waals surface area contributed by atoms with Gasteiger partial charge in [-0.2, -0.15) is 0 Å². The van der Waals surface area contributed by atoms with Crippen molar-refractivity contribution in [1.82, 2.24) is 4.72 Å². The van der Waals surface area contributed by atoms with Gasteiger partial charge in [-0.1, -0.05) is 12.1 Å². The molecule has 0 aliphatic rings. The largest absolute Gasteiger partial charge is 0.399 e. The maximum atomic E-state index is 11.4. The molecular weight excluding hydrogens is 380 g/mol. The highest BCUT2D eigenvalue weighted by atomic mass is 32.2. The summed E-state index contributed by atoms with van der Waals surface area (Å²) in [6, 6.07) is 11.7. The van der Waals surface area contributed by atoms with Crippen molar-refractivity contribution in [3.8, 4) is 0 Å². The minimum absolute atomic E-state index is 0.0156. The van der Waals surface area contributed by atoms with Crippen LogP contribution in [0.2, 0.25) is 0 Å². The Labute approximate surface area is 152 Å². The number of benzene rings is 2. The van der Waals surface area contributed by atoms with Crippen LogP contribution in [-0.4, -0.2) is 22.7 Å². The average Bonchev–Trinajstić information content (AvgIpc) is 2.54. The number of anilines is 1. The molecule has 9 nitrogen and oxygen atoms in total. The Morgan fingerprint density at radius 3 is 1.77 bits per heavy atom. The summed E-state index contributed by atoms with van der Waals surface area (Å²) in [5, 5.41) is 4.89. The molecule has 0 aromatic heterocycles. The smallest absolute Gasteiger partial charge is 0.264 e. The van der Waals surface area contributed by atoms with Crippen LogP contribution in [0, 0.1) is 0 Å². The third-order valence-electron chi connectivity index (χ3n) is 2.96. The zero-order chi connectivity index (χ0) is 20.0. The number of sulfonamides is 2. The van der Waals surface area contributed by atoms with Gasteiger partial charge in [0.05, 0.1) is 9.79 Å². The van der Waals surface area contributed by atoms with Crippen LogP contribution in [0.25, 0.3) is 0 Å². The van der Waals surface area contributed by atoms with Gasteiger partial charge in [-0.15, -0.1) is 0 Å². The van der Waals surface area contributed by atoms with Crippen molar-refractivity contribution >= 4 is 31.6 Å². The van der Waals surface area contributed by atoms with Crippen molar-refractivity contribution in [2.75, 3.05) is 5.73 Å². The van der Waals surface area contributed by atoms with Gasteiger partial charge in [-0.25, -0.2) is 26.7 Å². The van der Waals surface area contributed by atoms with Crippen LogP contribution in [0.5, 0.6) is 0 Å². The van der Waals surface area contributed by atoms with E-state index >= 15 is 0 Å². The van der Waals surface area contributed by atoms with Crippen LogP contribution in [0.3, 0.4) is 0 Å². The molecule has 0 saturated heterocycles. The van der Waals surface area contributed by atoms with Crippen LogP contribution in [0.15, 0.2) is 58.3 Å². The molecule has 2 aromatic rings. The van der Waals surface area contributed by atoms with E-state index in [9.17, 15) is 21.6 Å². The Bertz CT molecular complexity index is 954. The number of hydrogen-bond donors (Lipinski definition) is 4. The molecule has 0 atom stereocenters. The molecule has 11 heteroatoms. The number of nitrogens with one attached hydrogen (secondary N) is 1. The van der Waals surface area contributed by atoms with E-state index in [2.05, 4.69) is 0 Å². The maximum absolute atomic E-state index is 11.4. The summed E-state index contributed by atoms with van der Waals surface area (Å²) in [4.78, 5) is 10.7. The van der Waals surface area contributed by atoms with E-state index in [0.29, 0.717) is 12.2 Å². The molecule has 2 rings (SSSR count). The van der Waals surface area contributed by atoms with Gasteiger partial charge in [0.1, 0.15) is 0 Å². The molecule has 0 bridgehead atoms. The molecule has 26 heavy (non-hydrogen) atoms. The van der Waals surface area contributed by atoms with Crippen LogP contribution in [0.1, 0.15) is 12.5 Å². The first kappa shape index (κ1) is 21.6. The van der Waals surface area contributed by atoms with Crippen LogP contribution >= 0.6 is 0 Å². The number of nitrogens with two attached hydrogens (primary N) is 3. The lowest BCUT2D eigenvalue weighted by atomic mass is 10.2. The Balaban J connectivity index is 0.000000263. The van der Waals surface area contributed by atoms with Crippen LogP contribution in [-0.2, 0) is 31.4 Å². The predicted octanol–water partition coefficient (Wildman–Crippen LogP) is -0.114. The van der Waals surface area contributed by atoms with Gasteiger partial charge in [0, 0.05) is 19.2 Å². The Hall–Kier alpha value is -2.47. The van der Waals surface area contributed by atoms with Gasteiger partial charge < -0.3 is 11.5 Å². The summed E-state index contributed by atoms with van der Waals surface area (Å²) in [5.74, 6) is -0.623. The summed E-state index contributed by atoms with van der Waals surface area (Å²) in [7, 11) is -7.30. The number of amides is 1. The lowest BCUT2D eigenvalue weighted by Gasteiger charge is -2.04. The zero-order valence-corrected chi connectivity index (χ0v) is 15.5. The Kier molecular flexibility index (Phi) is 7.27. The van der Waals surface area contributed by atoms with Crippen LogP contribution in [0.4, 0.5) is 5.69 Å². The molecule has 0 fully saturated rings. The van der Waals surface area contributed by atoms with Crippen molar-refractivity contribution in [2.45, 2.75) is 23.3 Å². The first-order chi connectivity index (χ1) is 12.0. The highest BCUT2D eigenvalue weighted by molar-refractivity contribution is 7.90. The van der Waals surface area contributed by atoms with Crippen molar-refractivity contribution in [2.24, 2.45) is 10.9 Å². The SMILES string of the molecule is CC(=O)NS(=O)(=O)c1ccc(N)cc1.NCc1ccc(S(N)(=O)=O)cc1. The average molecular weight is 400 g/mol. The number of carbonyl (C=O) groups excluding carboxylic acids is 1. The molecule has 0 unspecified atom stereocenters. The fraction of sp³-hybridized carbons (Fsp3) is 0.133. The highest BCUT2D eigenvalue weighted by Gasteiger charge is 2.14. The van der Waals surface area contributed by atoms with Crippen molar-refractivity contribution in [3.05, 3.63) is 54.1 Å². The Morgan fingerprint density at radius 1 is 0.923 bits per heavy atom. The molecule has 2 aromatic carbocycles. The number of hydrogen-bond acceptors (Lipinski definition) is 7. The standard InChI is InChI=1S/C8H10N2O3S.C7H10N2O2S/c1-6(11)10-14(12,13)8-4-2-7(9)3-5-8;8-5-6-1-3-7(4-2-6)12(9,10)11/h2-5H,9H2,1H3,(H,10,11);1-4H,5,8H2,(H2,9,10,11). The molecular formula is C15H20N4O5S2. The highest BCUT2D eigenvalue weighted by Crippen LogP contribution is 2.11. The zero-order valence-electron chi connectivity index (χ0n) is 13.9. The van der Waals surface area contributed by atoms with Crippen molar-refractivity contribution < 1.29 is 21.6 Å². The number of nitrogen functional groups attached to an aromatic ring is 1. The monoisotopic (exact) mass is 400 g/mol. The molecule has 1 amide bonds. The van der Waals surface area contributed by atoms with Gasteiger partial charge in [-0.05, 0) is 42.0 Å². The third kappa shape index (κ3) is 6.80. The summed E-state index contributed by atoms with van der Waals surface area (Å²) in [5.41, 5.74) is 12.1. The summed E-state index contributed by atoms with van der Waals surface area (Å²) in [6.07, 6.45) is 0. The minimum Gasteiger partial charge on any atom is -0.399 e. The second-order valence-corrected chi connectivity index (χ2v) is 8.37. The second kappa shape index (κ2) is 8.76. The topological polar surface area (TPSA) is 175 Å². The minimum atomic E-state index is -3.73. The molecule has 7 N–H and O–H groups in total. The molecule has 142 valence electrons. The molecule has 0 aliphatic carbocycles. The maximum Gasteiger partial charge on any atom is 0.264 e. The van der Waals surface area contributed by atoms with E-state index in [1.807, 2.05) is 4.72 Å². The second-order valence-electron chi connectivity index (χ2n) is 5.12. The third-order valence-corrected chi connectivity index (χ3v) is 5.33. The van der Waals surface area contributed by atoms with E-state index in [1.54, 1.807) is 12.1 Å². The normalized spacial score (nSPS) is 11.2. The Morgan fingerprint density at radius 2 is 1.38 bits per heavy atom. The first-order valence-corrected chi connectivity index (χ1v) is 10.2. The molecule has 0 saturated carbocycles. The number of rotatable bonds is 4. The van der Waals surface area contributed by atoms with Gasteiger partial charge >= 0.3 is 0 Å². The lowest BCUT2D eigenvalue weighted by molar-refractivity contribution is -0.117. The van der Waals surface area contributed by atoms with E-state index in [0.717, 1.165) is 12.5 Å². The van der Waals surface area contributed by atoms with Crippen molar-refractivity contribution in [3.63, 3.8) is 0 Å². The fourth-order valence-corrected chi connectivity index (χ4v) is 3.22. The van der Waals surface area contributed by atoms with E-state index in [-0.39, 0.29) is 9.79 Å². The quantitative estimate of drug-likeness (QED) is 0.517. The van der Waals surface area contributed by atoms with E-state index in [1.165, 1.54) is 36.4 Å². The molecule has 0 radical (unpaired) electrons. The van der Waals surface area contributed by atoms with E-state index in [4.69, 9.17) is 16.6 Å². The summed E-state index contributed by atoms with van der Waals surface area (Å²) in [6.45, 7) is 1.53. The predicted molar refractivity (Wildman–Crippen MR) is 97.6 cm³/mol. The fourth-order valence-electron chi connectivity index (χ4n) is 1.71. The molecule has 0 aliphatic heterocycles. The van der Waals surface area contributed by atoms with Crippen molar-refractivity contribution in [1.29, 1.82) is 0 Å². The van der Waals surface area contributed by atoms with Crippen LogP contribution < -0.4 is 21.3 Å². The summed E-state index contributed by atoms with van der Waals surface area (Å²) >= 11 is 0. The van der Waals surface area contributed by atoms with Gasteiger partial charge in [0.2, 0.25) is 15.9 Å². The lowest BCUT2D eigenvalue weighted by Crippen LogP contribution is -2.28. The van der Waals surface area contributed by atoms with Gasteiger partial charge in [0.25, 0.3) is 10.0 Å². The van der Waals surface area contributed by atoms with E-state index < -0.39 is 26.0 Å². The van der Waals surface area contributed by atoms with Gasteiger partial charge in [0.15, 0.2) is 0 Å². The number of primary sulfonamides is 1. The first-order valence-electron chi connectivity index (χ1n) is 7.16.